The summed E-state index contributed by atoms with van der Waals surface area (Å²) >= 11 is 6.38. The van der Waals surface area contributed by atoms with Gasteiger partial charge in [0.15, 0.2) is 0 Å². The van der Waals surface area contributed by atoms with E-state index in [2.05, 4.69) is 37.2 Å². The lowest BCUT2D eigenvalue weighted by Gasteiger charge is -2.28. The average molecular weight is 407 g/mol. The van der Waals surface area contributed by atoms with Gasteiger partial charge in [0.2, 0.25) is 0 Å². The summed E-state index contributed by atoms with van der Waals surface area (Å²) in [6, 6.07) is 1.30. The van der Waals surface area contributed by atoms with Crippen molar-refractivity contribution in [3.05, 3.63) is 32.2 Å². The first-order valence-electron chi connectivity index (χ1n) is 5.56. The van der Waals surface area contributed by atoms with E-state index in [9.17, 15) is 17.6 Å². The minimum absolute atomic E-state index is 0.102. The van der Waals surface area contributed by atoms with E-state index in [4.69, 9.17) is 0 Å². The van der Waals surface area contributed by atoms with E-state index < -0.39 is 18.4 Å². The maximum Gasteiger partial charge on any atom is 0.326 e. The maximum atomic E-state index is 13.6. The highest BCUT2D eigenvalue weighted by Crippen LogP contribution is 2.40. The van der Waals surface area contributed by atoms with E-state index in [-0.39, 0.29) is 12.1 Å². The summed E-state index contributed by atoms with van der Waals surface area (Å²) in [5.74, 6) is -4.15. The van der Waals surface area contributed by atoms with Crippen molar-refractivity contribution < 1.29 is 17.6 Å². The Morgan fingerprint density at radius 1 is 1.21 bits per heavy atom. The molecule has 0 radical (unpaired) electrons. The zero-order valence-corrected chi connectivity index (χ0v) is 13.5. The van der Waals surface area contributed by atoms with Gasteiger partial charge in [-0.25, -0.2) is 8.78 Å². The van der Waals surface area contributed by atoms with Crippen LogP contribution in [0.25, 0.3) is 0 Å². The van der Waals surface area contributed by atoms with Crippen LogP contribution in [-0.4, -0.2) is 18.9 Å². The number of hydrogen-bond acceptors (Lipinski definition) is 1. The Morgan fingerprint density at radius 3 is 2.26 bits per heavy atom. The number of halogens is 6. The minimum atomic E-state index is -4.15. The Balaban J connectivity index is 3.31. The summed E-state index contributed by atoms with van der Waals surface area (Å²) in [4.78, 5) is 0. The molecule has 1 N–H and O–H groups in total. The molecule has 0 saturated heterocycles. The molecular weight excluding hydrogens is 394 g/mol. The molecule has 0 aliphatic heterocycles. The van der Waals surface area contributed by atoms with Gasteiger partial charge in [-0.3, -0.25) is 0 Å². The van der Waals surface area contributed by atoms with E-state index in [0.29, 0.717) is 8.95 Å². The standard InChI is InChI=1S/C12H13Br2F4N/c1-3-19-10(12(17,18)11(15)16)7-5-8(13)6(2)4-9(7)14/h4-5,10-11,19H,3H2,1-2H3. The van der Waals surface area contributed by atoms with Crippen molar-refractivity contribution in [1.29, 1.82) is 0 Å². The molecule has 1 aromatic carbocycles. The number of alkyl halides is 4. The fourth-order valence-corrected chi connectivity index (χ4v) is 2.71. The second-order valence-corrected chi connectivity index (χ2v) is 5.80. The fourth-order valence-electron chi connectivity index (χ4n) is 1.67. The van der Waals surface area contributed by atoms with Gasteiger partial charge in [0.1, 0.15) is 6.04 Å². The van der Waals surface area contributed by atoms with E-state index in [1.165, 1.54) is 6.07 Å². The van der Waals surface area contributed by atoms with Gasteiger partial charge in [-0.1, -0.05) is 38.8 Å². The molecule has 19 heavy (non-hydrogen) atoms. The molecular formula is C12H13Br2F4N. The molecule has 1 nitrogen and oxygen atoms in total. The predicted octanol–water partition coefficient (Wildman–Crippen LogP) is 5.07. The molecule has 0 spiro atoms. The van der Waals surface area contributed by atoms with Crippen molar-refractivity contribution >= 4 is 31.9 Å². The highest BCUT2D eigenvalue weighted by Gasteiger charge is 2.49. The van der Waals surface area contributed by atoms with E-state index in [0.717, 1.165) is 5.56 Å². The van der Waals surface area contributed by atoms with Crippen LogP contribution in [0, 0.1) is 6.92 Å². The highest BCUT2D eigenvalue weighted by molar-refractivity contribution is 9.11. The Morgan fingerprint density at radius 2 is 1.79 bits per heavy atom. The predicted molar refractivity (Wildman–Crippen MR) is 73.9 cm³/mol. The van der Waals surface area contributed by atoms with Crippen molar-refractivity contribution in [1.82, 2.24) is 5.32 Å². The summed E-state index contributed by atoms with van der Waals surface area (Å²) in [6.45, 7) is 3.53. The number of nitrogens with one attached hydrogen (secondary N) is 1. The maximum absolute atomic E-state index is 13.6. The van der Waals surface area contributed by atoms with Crippen LogP contribution in [0.1, 0.15) is 24.1 Å². The fraction of sp³-hybridized carbons (Fsp3) is 0.500. The normalized spacial score (nSPS) is 13.9. The summed E-state index contributed by atoms with van der Waals surface area (Å²) < 4.78 is 53.4. The molecule has 0 fully saturated rings. The van der Waals surface area contributed by atoms with E-state index in [1.54, 1.807) is 19.9 Å². The second-order valence-electron chi connectivity index (χ2n) is 4.09. The molecule has 0 heterocycles. The molecule has 7 heteroatoms. The van der Waals surface area contributed by atoms with Crippen LogP contribution in [0.2, 0.25) is 0 Å². The molecule has 0 amide bonds. The van der Waals surface area contributed by atoms with Crippen molar-refractivity contribution in [3.63, 3.8) is 0 Å². The van der Waals surface area contributed by atoms with Gasteiger partial charge in [-0.05, 0) is 36.7 Å². The Kier molecular flexibility index (Phi) is 5.82. The third kappa shape index (κ3) is 3.70. The zero-order chi connectivity index (χ0) is 14.8. The van der Waals surface area contributed by atoms with Crippen LogP contribution in [-0.2, 0) is 0 Å². The molecule has 0 saturated carbocycles. The van der Waals surface area contributed by atoms with Crippen molar-refractivity contribution in [2.45, 2.75) is 32.2 Å². The topological polar surface area (TPSA) is 12.0 Å². The first-order chi connectivity index (χ1) is 8.71. The van der Waals surface area contributed by atoms with Gasteiger partial charge in [0.05, 0.1) is 0 Å². The number of hydrogen-bond donors (Lipinski definition) is 1. The first-order valence-corrected chi connectivity index (χ1v) is 7.15. The Bertz CT molecular complexity index is 452. The third-order valence-corrected chi connectivity index (χ3v) is 4.21. The summed E-state index contributed by atoms with van der Waals surface area (Å²) in [5.41, 5.74) is 0.927. The molecule has 108 valence electrons. The lowest BCUT2D eigenvalue weighted by atomic mass is 9.99. The third-order valence-electron chi connectivity index (χ3n) is 2.67. The van der Waals surface area contributed by atoms with Crippen LogP contribution in [0.15, 0.2) is 21.1 Å². The molecule has 1 rings (SSSR count). The van der Waals surface area contributed by atoms with Gasteiger partial charge in [-0.2, -0.15) is 8.78 Å². The monoisotopic (exact) mass is 405 g/mol. The molecule has 1 aromatic rings. The number of benzene rings is 1. The van der Waals surface area contributed by atoms with Crippen LogP contribution >= 0.6 is 31.9 Å². The van der Waals surface area contributed by atoms with E-state index in [1.807, 2.05) is 0 Å². The smallest absolute Gasteiger partial charge is 0.305 e. The van der Waals surface area contributed by atoms with Crippen LogP contribution in [0.4, 0.5) is 17.6 Å². The number of aryl methyl sites for hydroxylation is 1. The lowest BCUT2D eigenvalue weighted by Crippen LogP contribution is -2.42. The Labute approximate surface area is 126 Å². The SMILES string of the molecule is CCNC(c1cc(Br)c(C)cc1Br)C(F)(F)C(F)F. The molecule has 1 unspecified atom stereocenters. The van der Waals surface area contributed by atoms with Crippen LogP contribution < -0.4 is 5.32 Å². The second kappa shape index (κ2) is 6.54. The molecule has 0 aliphatic rings. The van der Waals surface area contributed by atoms with E-state index >= 15 is 0 Å². The lowest BCUT2D eigenvalue weighted by molar-refractivity contribution is -0.151. The van der Waals surface area contributed by atoms with Gasteiger partial charge in [0.25, 0.3) is 0 Å². The summed E-state index contributed by atoms with van der Waals surface area (Å²) in [5, 5.41) is 2.43. The van der Waals surface area contributed by atoms with Gasteiger partial charge >= 0.3 is 12.3 Å². The zero-order valence-electron chi connectivity index (χ0n) is 10.3. The van der Waals surface area contributed by atoms with Crippen molar-refractivity contribution in [2.24, 2.45) is 0 Å². The average Bonchev–Trinajstić information content (AvgIpc) is 2.31. The number of rotatable bonds is 5. The summed E-state index contributed by atoms with van der Waals surface area (Å²) in [7, 11) is 0. The minimum Gasteiger partial charge on any atom is -0.305 e. The van der Waals surface area contributed by atoms with Gasteiger partial charge in [0, 0.05) is 8.95 Å². The van der Waals surface area contributed by atoms with Crippen LogP contribution in [0.3, 0.4) is 0 Å². The highest BCUT2D eigenvalue weighted by atomic mass is 79.9. The van der Waals surface area contributed by atoms with Crippen molar-refractivity contribution in [3.8, 4) is 0 Å². The molecule has 0 aromatic heterocycles. The molecule has 0 bridgehead atoms. The largest absolute Gasteiger partial charge is 0.326 e. The Hall–Kier alpha value is -0.140. The van der Waals surface area contributed by atoms with Gasteiger partial charge < -0.3 is 5.32 Å². The molecule has 1 atom stereocenters. The first kappa shape index (κ1) is 16.9. The van der Waals surface area contributed by atoms with Crippen LogP contribution in [0.5, 0.6) is 0 Å². The summed E-state index contributed by atoms with van der Waals surface area (Å²) in [6.07, 6.45) is -3.73. The van der Waals surface area contributed by atoms with Crippen molar-refractivity contribution in [2.75, 3.05) is 6.54 Å². The quantitative estimate of drug-likeness (QED) is 0.673. The van der Waals surface area contributed by atoms with Gasteiger partial charge in [-0.15, -0.1) is 0 Å². The molecule has 0 aliphatic carbocycles.